The monoisotopic (exact) mass is 444 g/mol. The van der Waals surface area contributed by atoms with Gasteiger partial charge in [-0.15, -0.1) is 0 Å². The number of nitrogens with zero attached hydrogens (tertiary/aromatic N) is 1. The van der Waals surface area contributed by atoms with Crippen LogP contribution >= 0.6 is 0 Å². The van der Waals surface area contributed by atoms with Crippen molar-refractivity contribution in [1.82, 2.24) is 10.2 Å². The molecule has 0 spiro atoms. The van der Waals surface area contributed by atoms with E-state index in [1.165, 1.54) is 12.1 Å². The second-order valence-corrected chi connectivity index (χ2v) is 8.01. The summed E-state index contributed by atoms with van der Waals surface area (Å²) in [5, 5.41) is 2.92. The maximum absolute atomic E-state index is 13.1. The highest BCUT2D eigenvalue weighted by Gasteiger charge is 2.18. The Balaban J connectivity index is 1.31. The van der Waals surface area contributed by atoms with Crippen molar-refractivity contribution in [2.45, 2.75) is 38.3 Å². The SMILES string of the molecule is CN(CCOc1cccc(CNC(=O)CCCOc2cccc(F)c2)c1)C1CCOCC1. The number of ether oxygens (including phenoxy) is 3. The zero-order valence-electron chi connectivity index (χ0n) is 18.7. The Labute approximate surface area is 189 Å². The molecule has 0 saturated carbocycles. The highest BCUT2D eigenvalue weighted by atomic mass is 19.1. The van der Waals surface area contributed by atoms with Crippen LogP contribution in [0.4, 0.5) is 4.39 Å². The smallest absolute Gasteiger partial charge is 0.220 e. The van der Waals surface area contributed by atoms with Crippen LogP contribution in [0.5, 0.6) is 11.5 Å². The van der Waals surface area contributed by atoms with Crippen LogP contribution in [0.15, 0.2) is 48.5 Å². The van der Waals surface area contributed by atoms with Crippen molar-refractivity contribution in [2.24, 2.45) is 0 Å². The predicted octanol–water partition coefficient (Wildman–Crippen LogP) is 3.79. The molecule has 0 radical (unpaired) electrons. The average molecular weight is 445 g/mol. The molecule has 0 bridgehead atoms. The lowest BCUT2D eigenvalue weighted by atomic mass is 10.1. The standard InChI is InChI=1S/C25H33FN2O4/c1-28(22-10-14-30-15-11-22)12-16-32-23-7-2-5-20(17-23)19-27-25(29)9-4-13-31-24-8-3-6-21(26)18-24/h2-3,5-8,17-18,22H,4,9-16,19H2,1H3,(H,27,29). The third kappa shape index (κ3) is 8.48. The van der Waals surface area contributed by atoms with E-state index in [2.05, 4.69) is 17.3 Å². The number of likely N-dealkylation sites (N-methyl/N-ethyl adjacent to an activating group) is 1. The number of halogens is 1. The maximum atomic E-state index is 13.1. The zero-order chi connectivity index (χ0) is 22.6. The first-order chi connectivity index (χ1) is 15.6. The molecule has 1 fully saturated rings. The van der Waals surface area contributed by atoms with E-state index in [0.717, 1.165) is 43.9 Å². The van der Waals surface area contributed by atoms with Crippen LogP contribution in [-0.4, -0.2) is 56.9 Å². The fourth-order valence-corrected chi connectivity index (χ4v) is 3.63. The Kier molecular flexibility index (Phi) is 9.78. The van der Waals surface area contributed by atoms with Crippen LogP contribution in [0.3, 0.4) is 0 Å². The van der Waals surface area contributed by atoms with E-state index in [9.17, 15) is 9.18 Å². The second-order valence-electron chi connectivity index (χ2n) is 8.01. The molecule has 6 nitrogen and oxygen atoms in total. The molecule has 7 heteroatoms. The normalized spacial score (nSPS) is 14.3. The quantitative estimate of drug-likeness (QED) is 0.505. The Morgan fingerprint density at radius 1 is 1.09 bits per heavy atom. The van der Waals surface area contributed by atoms with Gasteiger partial charge < -0.3 is 19.5 Å². The van der Waals surface area contributed by atoms with Gasteiger partial charge in [-0.3, -0.25) is 9.69 Å². The van der Waals surface area contributed by atoms with Gasteiger partial charge in [0.1, 0.15) is 23.9 Å². The summed E-state index contributed by atoms with van der Waals surface area (Å²) in [6, 6.07) is 14.4. The van der Waals surface area contributed by atoms with Gasteiger partial charge in [0.25, 0.3) is 0 Å². The van der Waals surface area contributed by atoms with Gasteiger partial charge in [-0.2, -0.15) is 0 Å². The molecule has 1 heterocycles. The van der Waals surface area contributed by atoms with Crippen LogP contribution in [0.2, 0.25) is 0 Å². The molecule has 1 amide bonds. The Hall–Kier alpha value is -2.64. The second kappa shape index (κ2) is 13.0. The number of benzene rings is 2. The summed E-state index contributed by atoms with van der Waals surface area (Å²) in [7, 11) is 2.13. The first kappa shape index (κ1) is 24.0. The van der Waals surface area contributed by atoms with Gasteiger partial charge in [-0.1, -0.05) is 18.2 Å². The lowest BCUT2D eigenvalue weighted by Crippen LogP contribution is -2.38. The Morgan fingerprint density at radius 3 is 2.59 bits per heavy atom. The lowest BCUT2D eigenvalue weighted by molar-refractivity contribution is -0.121. The number of hydrogen-bond acceptors (Lipinski definition) is 5. The fourth-order valence-electron chi connectivity index (χ4n) is 3.63. The molecule has 2 aromatic carbocycles. The summed E-state index contributed by atoms with van der Waals surface area (Å²) in [5.41, 5.74) is 0.990. The zero-order valence-corrected chi connectivity index (χ0v) is 18.7. The highest BCUT2D eigenvalue weighted by Crippen LogP contribution is 2.16. The predicted molar refractivity (Wildman–Crippen MR) is 121 cm³/mol. The molecule has 32 heavy (non-hydrogen) atoms. The van der Waals surface area contributed by atoms with Crippen LogP contribution in [-0.2, 0) is 16.1 Å². The molecule has 2 aromatic rings. The van der Waals surface area contributed by atoms with Crippen molar-refractivity contribution in [2.75, 3.05) is 40.0 Å². The maximum Gasteiger partial charge on any atom is 0.220 e. The molecule has 1 aliphatic heterocycles. The van der Waals surface area contributed by atoms with Gasteiger partial charge in [-0.05, 0) is 56.1 Å². The number of nitrogens with one attached hydrogen (secondary N) is 1. The van der Waals surface area contributed by atoms with Crippen molar-refractivity contribution in [3.05, 3.63) is 59.9 Å². The number of carbonyl (C=O) groups is 1. The minimum atomic E-state index is -0.335. The molecule has 1 aliphatic rings. The Morgan fingerprint density at radius 2 is 1.81 bits per heavy atom. The first-order valence-electron chi connectivity index (χ1n) is 11.2. The Bertz CT molecular complexity index is 842. The molecule has 0 aromatic heterocycles. The number of carbonyl (C=O) groups excluding carboxylic acids is 1. The molecule has 0 unspecified atom stereocenters. The summed E-state index contributed by atoms with van der Waals surface area (Å²) in [6.07, 6.45) is 3.06. The summed E-state index contributed by atoms with van der Waals surface area (Å²) in [5.74, 6) is 0.900. The summed E-state index contributed by atoms with van der Waals surface area (Å²) >= 11 is 0. The molecule has 0 atom stereocenters. The number of rotatable bonds is 12. The van der Waals surface area contributed by atoms with Gasteiger partial charge in [0.15, 0.2) is 0 Å². The largest absolute Gasteiger partial charge is 0.493 e. The molecular weight excluding hydrogens is 411 g/mol. The summed E-state index contributed by atoms with van der Waals surface area (Å²) in [4.78, 5) is 14.4. The third-order valence-corrected chi connectivity index (χ3v) is 5.53. The van der Waals surface area contributed by atoms with Crippen molar-refractivity contribution in [3.63, 3.8) is 0 Å². The topological polar surface area (TPSA) is 60.0 Å². The number of amides is 1. The van der Waals surface area contributed by atoms with E-state index in [4.69, 9.17) is 14.2 Å². The van der Waals surface area contributed by atoms with Crippen LogP contribution in [0.1, 0.15) is 31.2 Å². The van der Waals surface area contributed by atoms with Gasteiger partial charge in [-0.25, -0.2) is 4.39 Å². The minimum absolute atomic E-state index is 0.0442. The van der Waals surface area contributed by atoms with E-state index in [0.29, 0.717) is 44.4 Å². The van der Waals surface area contributed by atoms with E-state index < -0.39 is 0 Å². The third-order valence-electron chi connectivity index (χ3n) is 5.53. The van der Waals surface area contributed by atoms with Crippen LogP contribution in [0.25, 0.3) is 0 Å². The van der Waals surface area contributed by atoms with Crippen molar-refractivity contribution in [1.29, 1.82) is 0 Å². The van der Waals surface area contributed by atoms with E-state index in [1.807, 2.05) is 24.3 Å². The molecule has 174 valence electrons. The van der Waals surface area contributed by atoms with Crippen molar-refractivity contribution >= 4 is 5.91 Å². The van der Waals surface area contributed by atoms with Gasteiger partial charge in [0, 0.05) is 44.8 Å². The van der Waals surface area contributed by atoms with Crippen LogP contribution < -0.4 is 14.8 Å². The minimum Gasteiger partial charge on any atom is -0.493 e. The van der Waals surface area contributed by atoms with E-state index in [1.54, 1.807) is 12.1 Å². The van der Waals surface area contributed by atoms with E-state index >= 15 is 0 Å². The molecule has 0 aliphatic carbocycles. The van der Waals surface area contributed by atoms with Gasteiger partial charge >= 0.3 is 0 Å². The van der Waals surface area contributed by atoms with Crippen LogP contribution in [0, 0.1) is 5.82 Å². The number of hydrogen-bond donors (Lipinski definition) is 1. The van der Waals surface area contributed by atoms with Crippen molar-refractivity contribution < 1.29 is 23.4 Å². The van der Waals surface area contributed by atoms with Crippen molar-refractivity contribution in [3.8, 4) is 11.5 Å². The molecular formula is C25H33FN2O4. The highest BCUT2D eigenvalue weighted by molar-refractivity contribution is 5.75. The molecule has 1 saturated heterocycles. The first-order valence-corrected chi connectivity index (χ1v) is 11.2. The fraction of sp³-hybridized carbons (Fsp3) is 0.480. The van der Waals surface area contributed by atoms with Gasteiger partial charge in [0.2, 0.25) is 5.91 Å². The molecule has 1 N–H and O–H groups in total. The average Bonchev–Trinajstić information content (AvgIpc) is 2.81. The summed E-state index contributed by atoms with van der Waals surface area (Å²) < 4.78 is 29.9. The summed E-state index contributed by atoms with van der Waals surface area (Å²) in [6.45, 7) is 3.97. The molecule has 3 rings (SSSR count). The lowest BCUT2D eigenvalue weighted by Gasteiger charge is -2.31. The van der Waals surface area contributed by atoms with Gasteiger partial charge in [0.05, 0.1) is 6.61 Å². The van der Waals surface area contributed by atoms with E-state index in [-0.39, 0.29) is 11.7 Å².